The Kier molecular flexibility index (Phi) is 6.79. The van der Waals surface area contributed by atoms with Gasteiger partial charge in [0, 0.05) is 12.6 Å². The predicted octanol–water partition coefficient (Wildman–Crippen LogP) is 4.99. The Morgan fingerprint density at radius 3 is 2.36 bits per heavy atom. The molecule has 1 amide bonds. The molecule has 0 radical (unpaired) electrons. The van der Waals surface area contributed by atoms with Crippen molar-refractivity contribution in [3.8, 4) is 5.75 Å². The van der Waals surface area contributed by atoms with E-state index in [0.717, 1.165) is 39.4 Å². The quantitative estimate of drug-likeness (QED) is 0.422. The maximum absolute atomic E-state index is 13.8. The number of carbonyl (C=O) groups is 2. The van der Waals surface area contributed by atoms with Crippen molar-refractivity contribution in [2.45, 2.75) is 47.0 Å². The highest BCUT2D eigenvalue weighted by Crippen LogP contribution is 2.51. The third-order valence-corrected chi connectivity index (χ3v) is 9.93. The SMILES string of the molecule is O=C(O)[C@@H]1C[C@@H](S(=O)(=O)c2ccc(OCC(F)(F)F)cc2Cl)CN1C(=O)C1(c2ccc3ccccc3c2)CC1. The Bertz CT molecular complexity index is 1570. The van der Waals surface area contributed by atoms with Gasteiger partial charge in [0.15, 0.2) is 16.4 Å². The maximum atomic E-state index is 13.8. The third kappa shape index (κ3) is 5.17. The molecule has 12 heteroatoms. The summed E-state index contributed by atoms with van der Waals surface area (Å²) in [6.45, 7) is -1.93. The largest absolute Gasteiger partial charge is 0.484 e. The first kappa shape index (κ1) is 27.3. The van der Waals surface area contributed by atoms with Crippen molar-refractivity contribution in [3.63, 3.8) is 0 Å². The molecule has 3 aromatic rings. The molecule has 0 aromatic heterocycles. The number of hydrogen-bond donors (Lipinski definition) is 1. The number of ether oxygens (including phenoxy) is 1. The summed E-state index contributed by atoms with van der Waals surface area (Å²) in [7, 11) is -4.25. The number of likely N-dealkylation sites (tertiary alicyclic amines) is 1. The van der Waals surface area contributed by atoms with Gasteiger partial charge in [0.05, 0.1) is 20.6 Å². The Morgan fingerprint density at radius 1 is 1.05 bits per heavy atom. The number of halogens is 4. The molecular formula is C27H23ClF3NO6S. The van der Waals surface area contributed by atoms with Gasteiger partial charge in [-0.2, -0.15) is 13.2 Å². The number of sulfone groups is 1. The Balaban J connectivity index is 1.40. The number of amides is 1. The number of fused-ring (bicyclic) bond motifs is 1. The second-order valence-corrected chi connectivity index (χ2v) is 12.5. The normalized spacial score (nSPS) is 20.7. The molecule has 1 heterocycles. The zero-order valence-corrected chi connectivity index (χ0v) is 21.9. The zero-order valence-electron chi connectivity index (χ0n) is 20.3. The Labute approximate surface area is 227 Å². The number of carboxylic acid groups (broad SMARTS) is 1. The van der Waals surface area contributed by atoms with E-state index < -0.39 is 51.2 Å². The molecule has 0 spiro atoms. The number of nitrogens with zero attached hydrogens (tertiary/aromatic N) is 1. The second-order valence-electron chi connectivity index (χ2n) is 9.85. The second kappa shape index (κ2) is 9.71. The molecule has 2 fully saturated rings. The minimum absolute atomic E-state index is 0.269. The average molecular weight is 582 g/mol. The van der Waals surface area contributed by atoms with Gasteiger partial charge in [-0.1, -0.05) is 54.1 Å². The topological polar surface area (TPSA) is 101 Å². The van der Waals surface area contributed by atoms with Crippen LogP contribution in [-0.4, -0.2) is 60.9 Å². The minimum Gasteiger partial charge on any atom is -0.484 e. The number of alkyl halides is 3. The van der Waals surface area contributed by atoms with Crippen molar-refractivity contribution in [2.75, 3.05) is 13.2 Å². The average Bonchev–Trinajstić information content (AvgIpc) is 3.56. The maximum Gasteiger partial charge on any atom is 0.422 e. The van der Waals surface area contributed by atoms with E-state index in [1.807, 2.05) is 42.5 Å². The van der Waals surface area contributed by atoms with Crippen molar-refractivity contribution < 1.29 is 41.0 Å². The number of benzene rings is 3. The van der Waals surface area contributed by atoms with Crippen LogP contribution in [0, 0.1) is 0 Å². The van der Waals surface area contributed by atoms with E-state index >= 15 is 0 Å². The molecule has 2 aliphatic rings. The lowest BCUT2D eigenvalue weighted by atomic mass is 9.92. The number of carboxylic acids is 1. The van der Waals surface area contributed by atoms with Gasteiger partial charge < -0.3 is 14.7 Å². The summed E-state index contributed by atoms with van der Waals surface area (Å²) >= 11 is 6.11. The van der Waals surface area contributed by atoms with Crippen LogP contribution in [0.4, 0.5) is 13.2 Å². The summed E-state index contributed by atoms with van der Waals surface area (Å²) < 4.78 is 68.9. The molecule has 0 bridgehead atoms. The summed E-state index contributed by atoms with van der Waals surface area (Å²) in [6.07, 6.45) is -3.92. The standard InChI is InChI=1S/C27H23ClF3NO6S/c28-21-12-19(38-15-27(29,30)31)7-8-23(21)39(36,37)20-13-22(24(33)34)32(14-20)25(35)26(9-10-26)18-6-5-16-3-1-2-4-17(16)11-18/h1-8,11-12,20,22H,9-10,13-15H2,(H,33,34)/t20-,22+/m1/s1. The van der Waals surface area contributed by atoms with E-state index in [9.17, 15) is 36.3 Å². The van der Waals surface area contributed by atoms with Gasteiger partial charge in [0.25, 0.3) is 0 Å². The van der Waals surface area contributed by atoms with E-state index in [4.69, 9.17) is 11.6 Å². The third-order valence-electron chi connectivity index (χ3n) is 7.32. The summed E-state index contributed by atoms with van der Waals surface area (Å²) in [5.41, 5.74) is -0.176. The van der Waals surface area contributed by atoms with Gasteiger partial charge in [0.1, 0.15) is 11.8 Å². The predicted molar refractivity (Wildman–Crippen MR) is 137 cm³/mol. The van der Waals surface area contributed by atoms with Crippen molar-refractivity contribution in [1.82, 2.24) is 4.90 Å². The van der Waals surface area contributed by atoms with Crippen LogP contribution in [0.25, 0.3) is 10.8 Å². The molecule has 5 rings (SSSR count). The van der Waals surface area contributed by atoms with E-state index in [0.29, 0.717) is 12.8 Å². The Morgan fingerprint density at radius 2 is 1.74 bits per heavy atom. The van der Waals surface area contributed by atoms with Crippen molar-refractivity contribution >= 4 is 44.1 Å². The lowest BCUT2D eigenvalue weighted by Gasteiger charge is -2.27. The number of carbonyl (C=O) groups excluding carboxylic acids is 1. The van der Waals surface area contributed by atoms with Gasteiger partial charge in [-0.05, 0) is 47.7 Å². The van der Waals surface area contributed by atoms with Crippen LogP contribution in [0.15, 0.2) is 65.6 Å². The van der Waals surface area contributed by atoms with E-state index in [-0.39, 0.29) is 28.6 Å². The van der Waals surface area contributed by atoms with Crippen molar-refractivity contribution in [3.05, 3.63) is 71.2 Å². The number of rotatable bonds is 7. The summed E-state index contributed by atoms with van der Waals surface area (Å²) in [5, 5.41) is 10.2. The molecule has 1 saturated heterocycles. The smallest absolute Gasteiger partial charge is 0.422 e. The van der Waals surface area contributed by atoms with E-state index in [2.05, 4.69) is 4.74 Å². The molecule has 39 heavy (non-hydrogen) atoms. The highest BCUT2D eigenvalue weighted by atomic mass is 35.5. The van der Waals surface area contributed by atoms with Crippen LogP contribution in [-0.2, 0) is 24.8 Å². The highest BCUT2D eigenvalue weighted by Gasteiger charge is 2.57. The first-order chi connectivity index (χ1) is 18.3. The fraction of sp³-hybridized carbons (Fsp3) is 0.333. The first-order valence-electron chi connectivity index (χ1n) is 12.1. The van der Waals surface area contributed by atoms with E-state index in [1.54, 1.807) is 0 Å². The molecule has 0 unspecified atom stereocenters. The van der Waals surface area contributed by atoms with Crippen LogP contribution in [0.5, 0.6) is 5.75 Å². The van der Waals surface area contributed by atoms with Crippen molar-refractivity contribution in [1.29, 1.82) is 0 Å². The first-order valence-corrected chi connectivity index (χ1v) is 14.0. The monoisotopic (exact) mass is 581 g/mol. The molecular weight excluding hydrogens is 559 g/mol. The Hall–Kier alpha value is -3.31. The lowest BCUT2D eigenvalue weighted by molar-refractivity contribution is -0.153. The fourth-order valence-electron chi connectivity index (χ4n) is 5.14. The van der Waals surface area contributed by atoms with Crippen LogP contribution in [0.3, 0.4) is 0 Å². The highest BCUT2D eigenvalue weighted by molar-refractivity contribution is 7.92. The summed E-state index contributed by atoms with van der Waals surface area (Å²) in [6, 6.07) is 15.0. The van der Waals surface area contributed by atoms with E-state index in [1.165, 1.54) is 0 Å². The van der Waals surface area contributed by atoms with Gasteiger partial charge in [0.2, 0.25) is 5.91 Å². The van der Waals surface area contributed by atoms with Crippen LogP contribution in [0.1, 0.15) is 24.8 Å². The fourth-order valence-corrected chi connectivity index (χ4v) is 7.37. The minimum atomic E-state index is -4.59. The van der Waals surface area contributed by atoms with Crippen LogP contribution in [0.2, 0.25) is 5.02 Å². The zero-order chi connectivity index (χ0) is 28.2. The van der Waals surface area contributed by atoms with Crippen molar-refractivity contribution in [2.24, 2.45) is 0 Å². The molecule has 7 nitrogen and oxygen atoms in total. The number of aliphatic carboxylic acids is 1. The molecule has 1 aliphatic heterocycles. The molecule has 1 aliphatic carbocycles. The van der Waals surface area contributed by atoms with Gasteiger partial charge >= 0.3 is 12.1 Å². The molecule has 1 N–H and O–H groups in total. The molecule has 1 saturated carbocycles. The van der Waals surface area contributed by atoms with Gasteiger partial charge in [-0.15, -0.1) is 0 Å². The molecule has 3 aromatic carbocycles. The van der Waals surface area contributed by atoms with Crippen LogP contribution < -0.4 is 4.74 Å². The number of hydrogen-bond acceptors (Lipinski definition) is 5. The molecule has 2 atom stereocenters. The van der Waals surface area contributed by atoms with Gasteiger partial charge in [-0.3, -0.25) is 4.79 Å². The molecule has 206 valence electrons. The van der Waals surface area contributed by atoms with Gasteiger partial charge in [-0.25, -0.2) is 13.2 Å². The summed E-state index contributed by atoms with van der Waals surface area (Å²) in [4.78, 5) is 26.7. The summed E-state index contributed by atoms with van der Waals surface area (Å²) in [5.74, 6) is -2.03. The lowest BCUT2D eigenvalue weighted by Crippen LogP contribution is -2.46. The van der Waals surface area contributed by atoms with Crippen LogP contribution >= 0.6 is 11.6 Å².